The number of anilines is 2. The van der Waals surface area contributed by atoms with Crippen LogP contribution in [0.15, 0.2) is 18.2 Å². The van der Waals surface area contributed by atoms with E-state index >= 15 is 0 Å². The van der Waals surface area contributed by atoms with Gasteiger partial charge in [0.25, 0.3) is 5.91 Å². The highest BCUT2D eigenvalue weighted by Gasteiger charge is 2.26. The number of thioether (sulfide) groups is 1. The van der Waals surface area contributed by atoms with Crippen molar-refractivity contribution in [3.8, 4) is 5.75 Å². The molecule has 3 amide bonds. The second-order valence-corrected chi connectivity index (χ2v) is 7.67. The molecular formula is C17H19N3O4S2. The molecule has 0 aromatic heterocycles. The first-order valence-electron chi connectivity index (χ1n) is 8.32. The van der Waals surface area contributed by atoms with Gasteiger partial charge in [-0.1, -0.05) is 24.0 Å². The summed E-state index contributed by atoms with van der Waals surface area (Å²) >= 11 is 6.50. The van der Waals surface area contributed by atoms with Gasteiger partial charge < -0.3 is 15.4 Å². The standard InChI is InChI=1S/C17H19N3O4S2/c1-10-16(23)19-12-8-11(5-6-13(12)24-10)18-14(21)4-2-3-7-20-15(22)9-26-17(20)25/h5-6,8,10H,2-4,7,9H2,1H3,(H,18,21)(H,19,23)/t10-/m0/s1. The van der Waals surface area contributed by atoms with Crippen LogP contribution in [0.5, 0.6) is 5.75 Å². The second-order valence-electron chi connectivity index (χ2n) is 6.07. The van der Waals surface area contributed by atoms with E-state index in [2.05, 4.69) is 10.6 Å². The summed E-state index contributed by atoms with van der Waals surface area (Å²) in [5, 5.41) is 5.56. The van der Waals surface area contributed by atoms with Gasteiger partial charge in [0, 0.05) is 18.7 Å². The van der Waals surface area contributed by atoms with Crippen LogP contribution in [0.3, 0.4) is 0 Å². The molecule has 1 atom stereocenters. The fraction of sp³-hybridized carbons (Fsp3) is 0.412. The lowest BCUT2D eigenvalue weighted by atomic mass is 10.2. The maximum absolute atomic E-state index is 12.1. The molecule has 26 heavy (non-hydrogen) atoms. The molecule has 0 unspecified atom stereocenters. The topological polar surface area (TPSA) is 87.7 Å². The highest BCUT2D eigenvalue weighted by atomic mass is 32.2. The van der Waals surface area contributed by atoms with E-state index in [0.717, 1.165) is 0 Å². The number of ether oxygens (including phenoxy) is 1. The Hall–Kier alpha value is -2.13. The molecule has 2 heterocycles. The third-order valence-corrected chi connectivity index (χ3v) is 5.50. The summed E-state index contributed by atoms with van der Waals surface area (Å²) in [5.74, 6) is 0.701. The van der Waals surface area contributed by atoms with Crippen molar-refractivity contribution in [2.45, 2.75) is 32.3 Å². The van der Waals surface area contributed by atoms with Crippen molar-refractivity contribution in [1.29, 1.82) is 0 Å². The zero-order chi connectivity index (χ0) is 18.7. The number of carbonyl (C=O) groups excluding carboxylic acids is 3. The van der Waals surface area contributed by atoms with Gasteiger partial charge in [0.05, 0.1) is 11.4 Å². The van der Waals surface area contributed by atoms with Gasteiger partial charge in [-0.05, 0) is 38.0 Å². The van der Waals surface area contributed by atoms with Gasteiger partial charge >= 0.3 is 0 Å². The Morgan fingerprint density at radius 3 is 2.96 bits per heavy atom. The molecule has 0 spiro atoms. The minimum absolute atomic E-state index is 0.0390. The van der Waals surface area contributed by atoms with Crippen molar-refractivity contribution in [1.82, 2.24) is 4.90 Å². The molecule has 2 N–H and O–H groups in total. The first kappa shape index (κ1) is 18.7. The van der Waals surface area contributed by atoms with Gasteiger partial charge in [-0.15, -0.1) is 0 Å². The maximum Gasteiger partial charge on any atom is 0.265 e. The predicted molar refractivity (Wildman–Crippen MR) is 104 cm³/mol. The number of hydrogen-bond acceptors (Lipinski definition) is 6. The third-order valence-electron chi connectivity index (χ3n) is 4.07. The smallest absolute Gasteiger partial charge is 0.265 e. The summed E-state index contributed by atoms with van der Waals surface area (Å²) in [6.45, 7) is 2.23. The quantitative estimate of drug-likeness (QED) is 0.570. The molecule has 1 aromatic carbocycles. The molecule has 138 valence electrons. The first-order chi connectivity index (χ1) is 12.4. The Morgan fingerprint density at radius 2 is 2.23 bits per heavy atom. The van der Waals surface area contributed by atoms with Crippen LogP contribution >= 0.6 is 24.0 Å². The number of unbranched alkanes of at least 4 members (excludes halogenated alkanes) is 1. The number of nitrogens with zero attached hydrogens (tertiary/aromatic N) is 1. The van der Waals surface area contributed by atoms with Gasteiger partial charge in [0.1, 0.15) is 10.1 Å². The van der Waals surface area contributed by atoms with E-state index in [4.69, 9.17) is 17.0 Å². The van der Waals surface area contributed by atoms with Crippen LogP contribution in [-0.2, 0) is 14.4 Å². The van der Waals surface area contributed by atoms with Gasteiger partial charge in [-0.2, -0.15) is 0 Å². The molecule has 1 fully saturated rings. The van der Waals surface area contributed by atoms with Gasteiger partial charge in [-0.3, -0.25) is 19.3 Å². The highest BCUT2D eigenvalue weighted by molar-refractivity contribution is 8.23. The van der Waals surface area contributed by atoms with Crippen molar-refractivity contribution in [2.75, 3.05) is 22.9 Å². The molecule has 0 bridgehead atoms. The van der Waals surface area contributed by atoms with Crippen LogP contribution in [0.25, 0.3) is 0 Å². The monoisotopic (exact) mass is 393 g/mol. The van der Waals surface area contributed by atoms with Crippen LogP contribution in [0.4, 0.5) is 11.4 Å². The molecule has 3 rings (SSSR count). The lowest BCUT2D eigenvalue weighted by Crippen LogP contribution is -2.34. The average molecular weight is 393 g/mol. The maximum atomic E-state index is 12.1. The average Bonchev–Trinajstić information content (AvgIpc) is 2.91. The second kappa shape index (κ2) is 8.05. The fourth-order valence-corrected chi connectivity index (χ4v) is 3.78. The van der Waals surface area contributed by atoms with Crippen LogP contribution in [0, 0.1) is 0 Å². The molecule has 2 aliphatic heterocycles. The van der Waals surface area contributed by atoms with Crippen molar-refractivity contribution >= 4 is 57.4 Å². The Morgan fingerprint density at radius 1 is 1.42 bits per heavy atom. The SMILES string of the molecule is C[C@@H]1Oc2ccc(NC(=O)CCCCN3C(=O)CSC3=S)cc2NC1=O. The molecule has 9 heteroatoms. The lowest BCUT2D eigenvalue weighted by molar-refractivity contribution is -0.124. The number of hydrogen-bond donors (Lipinski definition) is 2. The fourth-order valence-electron chi connectivity index (χ4n) is 2.66. The zero-order valence-corrected chi connectivity index (χ0v) is 15.9. The van der Waals surface area contributed by atoms with Crippen LogP contribution in [-0.4, -0.2) is 45.3 Å². The number of nitrogens with one attached hydrogen (secondary N) is 2. The predicted octanol–water partition coefficient (Wildman–Crippen LogP) is 2.38. The summed E-state index contributed by atoms with van der Waals surface area (Å²) in [6.07, 6.45) is 1.19. The zero-order valence-electron chi connectivity index (χ0n) is 14.2. The molecular weight excluding hydrogens is 374 g/mol. The van der Waals surface area contributed by atoms with E-state index in [1.54, 1.807) is 30.0 Å². The lowest BCUT2D eigenvalue weighted by Gasteiger charge is -2.23. The van der Waals surface area contributed by atoms with Crippen LogP contribution in [0.2, 0.25) is 0 Å². The van der Waals surface area contributed by atoms with Crippen LogP contribution < -0.4 is 15.4 Å². The normalized spacial score (nSPS) is 19.0. The van der Waals surface area contributed by atoms with E-state index in [1.165, 1.54) is 11.8 Å². The number of carbonyl (C=O) groups is 3. The van der Waals surface area contributed by atoms with E-state index in [9.17, 15) is 14.4 Å². The number of rotatable bonds is 6. The van der Waals surface area contributed by atoms with Crippen LogP contribution in [0.1, 0.15) is 26.2 Å². The summed E-state index contributed by atoms with van der Waals surface area (Å²) in [6, 6.07) is 5.13. The Labute approximate surface area is 160 Å². The Kier molecular flexibility index (Phi) is 5.77. The number of thiocarbonyl (C=S) groups is 1. The molecule has 0 aliphatic carbocycles. The third kappa shape index (κ3) is 4.34. The molecule has 1 aromatic rings. The molecule has 7 nitrogen and oxygen atoms in total. The largest absolute Gasteiger partial charge is 0.479 e. The van der Waals surface area contributed by atoms with Crippen molar-refractivity contribution in [3.05, 3.63) is 18.2 Å². The summed E-state index contributed by atoms with van der Waals surface area (Å²) < 4.78 is 6.10. The summed E-state index contributed by atoms with van der Waals surface area (Å²) in [5.41, 5.74) is 1.14. The molecule has 0 radical (unpaired) electrons. The van der Waals surface area contributed by atoms with E-state index in [1.807, 2.05) is 0 Å². The van der Waals surface area contributed by atoms with Gasteiger partial charge in [-0.25, -0.2) is 0 Å². The first-order valence-corrected chi connectivity index (χ1v) is 9.72. The Bertz CT molecular complexity index is 752. The van der Waals surface area contributed by atoms with E-state index < -0.39 is 6.10 Å². The van der Waals surface area contributed by atoms with Crippen molar-refractivity contribution < 1.29 is 19.1 Å². The Balaban J connectivity index is 1.45. The highest BCUT2D eigenvalue weighted by Crippen LogP contribution is 2.32. The number of fused-ring (bicyclic) bond motifs is 1. The summed E-state index contributed by atoms with van der Waals surface area (Å²) in [7, 11) is 0. The van der Waals surface area contributed by atoms with Gasteiger partial charge in [0.15, 0.2) is 6.10 Å². The number of amides is 3. The van der Waals surface area contributed by atoms with E-state index in [0.29, 0.717) is 53.0 Å². The minimum atomic E-state index is -0.531. The molecule has 2 aliphatic rings. The van der Waals surface area contributed by atoms with Crippen molar-refractivity contribution in [3.63, 3.8) is 0 Å². The summed E-state index contributed by atoms with van der Waals surface area (Å²) in [4.78, 5) is 37.0. The van der Waals surface area contributed by atoms with Gasteiger partial charge in [0.2, 0.25) is 11.8 Å². The number of benzene rings is 1. The van der Waals surface area contributed by atoms with Crippen molar-refractivity contribution in [2.24, 2.45) is 0 Å². The van der Waals surface area contributed by atoms with E-state index in [-0.39, 0.29) is 17.7 Å². The molecule has 0 saturated carbocycles. The minimum Gasteiger partial charge on any atom is -0.479 e. The molecule has 1 saturated heterocycles.